The standard InChI is InChI=1S/C23H29N3O4.C20H24N2O3.ClH/c1-17(24-22(27)25(2)3)19-9-11-20(12-10-19)30-21-13-14-26(15-21)23(28)29-16-18-7-5-4-6-8-18;1-15(21)17-7-9-18(10-8-17)25-19-11-12-22(13-19)20(23)24-14-16-5-3-2-4-6-16;/h4-12,17,21H,13-16H2,1-3H3,(H,24,27);2-10,15,19H,11-14,21H2,1H3;1H/t17-,21?;15-,19?;/m00./s1. The highest BCUT2D eigenvalue weighted by molar-refractivity contribution is 5.85. The first kappa shape index (κ1) is 43.3. The summed E-state index contributed by atoms with van der Waals surface area (Å²) in [6.45, 7) is 6.76. The number of carbonyl (C=O) groups is 3. The predicted octanol–water partition coefficient (Wildman–Crippen LogP) is 7.73. The first-order chi connectivity index (χ1) is 26.5. The highest BCUT2D eigenvalue weighted by Crippen LogP contribution is 2.23. The zero-order valence-electron chi connectivity index (χ0n) is 32.5. The highest BCUT2D eigenvalue weighted by atomic mass is 35.5. The minimum absolute atomic E-state index is 0. The van der Waals surface area contributed by atoms with E-state index in [-0.39, 0.29) is 61.5 Å². The van der Waals surface area contributed by atoms with Gasteiger partial charge < -0.3 is 44.7 Å². The number of rotatable bonds is 11. The molecule has 2 aliphatic rings. The Hall–Kier alpha value is -5.46. The Kier molecular flexibility index (Phi) is 16.7. The molecule has 13 heteroatoms. The number of benzene rings is 4. The third-order valence-electron chi connectivity index (χ3n) is 9.35. The summed E-state index contributed by atoms with van der Waals surface area (Å²) >= 11 is 0. The van der Waals surface area contributed by atoms with Crippen LogP contribution in [0.2, 0.25) is 0 Å². The molecule has 0 aliphatic carbocycles. The van der Waals surface area contributed by atoms with Crippen LogP contribution in [0.25, 0.3) is 0 Å². The van der Waals surface area contributed by atoms with Crippen LogP contribution in [-0.2, 0) is 22.7 Å². The topological polar surface area (TPSA) is 136 Å². The second kappa shape index (κ2) is 21.6. The number of nitrogens with zero attached hydrogens (tertiary/aromatic N) is 3. The van der Waals surface area contributed by atoms with Gasteiger partial charge in [-0.25, -0.2) is 14.4 Å². The molecule has 2 aliphatic heterocycles. The third-order valence-corrected chi connectivity index (χ3v) is 9.35. The minimum Gasteiger partial charge on any atom is -0.489 e. The lowest BCUT2D eigenvalue weighted by Gasteiger charge is -2.19. The van der Waals surface area contributed by atoms with Gasteiger partial charge >= 0.3 is 18.2 Å². The SMILES string of the molecule is C[C@H](N)c1ccc(OC2CCN(C(=O)OCc3ccccc3)C2)cc1.C[C@H](NC(=O)N(C)C)c1ccc(OC2CCN(C(=O)OCc3ccccc3)C2)cc1.Cl. The van der Waals surface area contributed by atoms with E-state index in [1.807, 2.05) is 123 Å². The molecule has 0 saturated carbocycles. The highest BCUT2D eigenvalue weighted by Gasteiger charge is 2.30. The van der Waals surface area contributed by atoms with Crippen LogP contribution in [0, 0.1) is 0 Å². The lowest BCUT2D eigenvalue weighted by atomic mass is 10.1. The third kappa shape index (κ3) is 13.4. The number of amides is 4. The van der Waals surface area contributed by atoms with Gasteiger partial charge in [0, 0.05) is 46.1 Å². The van der Waals surface area contributed by atoms with E-state index < -0.39 is 0 Å². The Morgan fingerprint density at radius 2 is 1.09 bits per heavy atom. The first-order valence-corrected chi connectivity index (χ1v) is 18.7. The Morgan fingerprint density at radius 1 is 0.679 bits per heavy atom. The lowest BCUT2D eigenvalue weighted by molar-refractivity contribution is 0.0986. The Labute approximate surface area is 336 Å². The van der Waals surface area contributed by atoms with Crippen molar-refractivity contribution in [1.82, 2.24) is 20.0 Å². The molecule has 0 bridgehead atoms. The molecule has 0 radical (unpaired) electrons. The van der Waals surface area contributed by atoms with Crippen molar-refractivity contribution in [3.8, 4) is 11.5 Å². The maximum Gasteiger partial charge on any atom is 0.410 e. The smallest absolute Gasteiger partial charge is 0.410 e. The molecular weight excluding hydrogens is 734 g/mol. The Balaban J connectivity index is 0.000000248. The van der Waals surface area contributed by atoms with E-state index in [9.17, 15) is 14.4 Å². The van der Waals surface area contributed by atoms with E-state index >= 15 is 0 Å². The van der Waals surface area contributed by atoms with Crippen molar-refractivity contribution in [2.45, 2.75) is 64.2 Å². The van der Waals surface area contributed by atoms with Crippen LogP contribution in [0.5, 0.6) is 11.5 Å². The molecule has 2 saturated heterocycles. The van der Waals surface area contributed by atoms with Crippen molar-refractivity contribution in [3.63, 3.8) is 0 Å². The molecule has 6 rings (SSSR count). The monoisotopic (exact) mass is 787 g/mol. The Morgan fingerprint density at radius 3 is 1.48 bits per heavy atom. The van der Waals surface area contributed by atoms with Crippen molar-refractivity contribution in [2.24, 2.45) is 5.73 Å². The second-order valence-electron chi connectivity index (χ2n) is 14.0. The number of nitrogens with one attached hydrogen (secondary N) is 1. The molecule has 0 spiro atoms. The Bertz CT molecular complexity index is 1800. The fraction of sp³-hybridized carbons (Fsp3) is 0.372. The average Bonchev–Trinajstić information content (AvgIpc) is 3.88. The summed E-state index contributed by atoms with van der Waals surface area (Å²) in [6, 6.07) is 34.6. The molecular formula is C43H54ClN5O7. The van der Waals surface area contributed by atoms with Gasteiger partial charge in [0.25, 0.3) is 0 Å². The molecule has 0 aromatic heterocycles. The van der Waals surface area contributed by atoms with E-state index in [2.05, 4.69) is 5.32 Å². The van der Waals surface area contributed by atoms with Crippen LogP contribution in [0.4, 0.5) is 14.4 Å². The molecule has 2 fully saturated rings. The summed E-state index contributed by atoms with van der Waals surface area (Å²) < 4.78 is 22.8. The van der Waals surface area contributed by atoms with Crippen LogP contribution in [0.1, 0.15) is 61.0 Å². The van der Waals surface area contributed by atoms with E-state index in [1.54, 1.807) is 23.9 Å². The summed E-state index contributed by atoms with van der Waals surface area (Å²) in [4.78, 5) is 41.1. The fourth-order valence-electron chi connectivity index (χ4n) is 6.07. The molecule has 300 valence electrons. The first-order valence-electron chi connectivity index (χ1n) is 18.7. The number of urea groups is 1. The zero-order valence-corrected chi connectivity index (χ0v) is 33.4. The van der Waals surface area contributed by atoms with Crippen LogP contribution in [0.3, 0.4) is 0 Å². The molecule has 4 atom stereocenters. The fourth-order valence-corrected chi connectivity index (χ4v) is 6.07. The van der Waals surface area contributed by atoms with E-state index in [0.717, 1.165) is 46.6 Å². The normalized spacial score (nSPS) is 16.9. The molecule has 12 nitrogen and oxygen atoms in total. The van der Waals surface area contributed by atoms with Crippen molar-refractivity contribution >= 4 is 30.6 Å². The number of hydrogen-bond acceptors (Lipinski definition) is 8. The summed E-state index contributed by atoms with van der Waals surface area (Å²) in [7, 11) is 3.42. The quantitative estimate of drug-likeness (QED) is 0.158. The van der Waals surface area contributed by atoms with Crippen LogP contribution in [-0.4, -0.2) is 85.4 Å². The van der Waals surface area contributed by atoms with Crippen molar-refractivity contribution in [3.05, 3.63) is 131 Å². The van der Waals surface area contributed by atoms with Crippen LogP contribution in [0.15, 0.2) is 109 Å². The number of ether oxygens (including phenoxy) is 4. The van der Waals surface area contributed by atoms with E-state index in [0.29, 0.717) is 32.8 Å². The van der Waals surface area contributed by atoms with Gasteiger partial charge in [0.1, 0.15) is 36.9 Å². The van der Waals surface area contributed by atoms with Gasteiger partial charge in [-0.2, -0.15) is 0 Å². The molecule has 4 aromatic rings. The van der Waals surface area contributed by atoms with E-state index in [4.69, 9.17) is 24.7 Å². The average molecular weight is 788 g/mol. The van der Waals surface area contributed by atoms with Gasteiger partial charge in [-0.15, -0.1) is 12.4 Å². The molecule has 56 heavy (non-hydrogen) atoms. The second-order valence-corrected chi connectivity index (χ2v) is 14.0. The maximum atomic E-state index is 12.3. The number of hydrogen-bond donors (Lipinski definition) is 2. The van der Waals surface area contributed by atoms with Crippen molar-refractivity contribution in [1.29, 1.82) is 0 Å². The van der Waals surface area contributed by atoms with Gasteiger partial charge in [-0.3, -0.25) is 0 Å². The van der Waals surface area contributed by atoms with Gasteiger partial charge in [0.2, 0.25) is 0 Å². The maximum absolute atomic E-state index is 12.3. The number of carbonyl (C=O) groups excluding carboxylic acids is 3. The molecule has 2 heterocycles. The molecule has 4 amide bonds. The predicted molar refractivity (Wildman–Crippen MR) is 218 cm³/mol. The zero-order chi connectivity index (χ0) is 39.2. The summed E-state index contributed by atoms with van der Waals surface area (Å²) in [6.07, 6.45) is 0.886. The van der Waals surface area contributed by atoms with Crippen molar-refractivity contribution < 1.29 is 33.3 Å². The number of nitrogens with two attached hydrogens (primary N) is 1. The van der Waals surface area contributed by atoms with E-state index in [1.165, 1.54) is 4.90 Å². The van der Waals surface area contributed by atoms with Gasteiger partial charge in [0.15, 0.2) is 0 Å². The summed E-state index contributed by atoms with van der Waals surface area (Å²) in [5.41, 5.74) is 9.87. The number of likely N-dealkylation sites (tertiary alicyclic amines) is 2. The summed E-state index contributed by atoms with van der Waals surface area (Å²) in [5, 5.41) is 2.92. The lowest BCUT2D eigenvalue weighted by Crippen LogP contribution is -2.36. The van der Waals surface area contributed by atoms with Crippen LogP contribution < -0.4 is 20.5 Å². The largest absolute Gasteiger partial charge is 0.489 e. The molecule has 4 aromatic carbocycles. The number of halogens is 1. The van der Waals surface area contributed by atoms with Gasteiger partial charge in [-0.1, -0.05) is 84.9 Å². The van der Waals surface area contributed by atoms with Crippen molar-refractivity contribution in [2.75, 3.05) is 40.3 Å². The molecule has 3 N–H and O–H groups in total. The molecule has 2 unspecified atom stereocenters. The minimum atomic E-state index is -0.314. The van der Waals surface area contributed by atoms with Gasteiger partial charge in [-0.05, 0) is 60.4 Å². The van der Waals surface area contributed by atoms with Crippen LogP contribution >= 0.6 is 12.4 Å². The summed E-state index contributed by atoms with van der Waals surface area (Å²) in [5.74, 6) is 1.54. The van der Waals surface area contributed by atoms with Gasteiger partial charge in [0.05, 0.1) is 19.1 Å².